The van der Waals surface area contributed by atoms with Crippen LogP contribution in [-0.4, -0.2) is 47.1 Å². The minimum absolute atomic E-state index is 0.0464. The first-order chi connectivity index (χ1) is 7.43. The van der Waals surface area contributed by atoms with Gasteiger partial charge in [-0.05, 0) is 33.7 Å². The third-order valence-corrected chi connectivity index (χ3v) is 3.05. The zero-order valence-electron chi connectivity index (χ0n) is 10.1. The van der Waals surface area contributed by atoms with Crippen LogP contribution < -0.4 is 5.32 Å². The van der Waals surface area contributed by atoms with Crippen molar-refractivity contribution in [1.82, 2.24) is 10.2 Å². The van der Waals surface area contributed by atoms with E-state index >= 15 is 0 Å². The molecule has 1 saturated heterocycles. The number of hydrogen-bond donors (Lipinski definition) is 2. The summed E-state index contributed by atoms with van der Waals surface area (Å²) in [5, 5.41) is 12.0. The molecule has 5 heteroatoms. The number of nitrogens with zero attached hydrogens (tertiary/aromatic N) is 1. The second-order valence-electron chi connectivity index (χ2n) is 4.59. The van der Waals surface area contributed by atoms with E-state index in [0.29, 0.717) is 0 Å². The molecule has 1 amide bonds. The van der Waals surface area contributed by atoms with Gasteiger partial charge in [-0.3, -0.25) is 9.59 Å². The van der Waals surface area contributed by atoms with E-state index in [2.05, 4.69) is 5.32 Å². The van der Waals surface area contributed by atoms with E-state index in [0.717, 1.165) is 13.0 Å². The predicted molar refractivity (Wildman–Crippen MR) is 60.1 cm³/mol. The summed E-state index contributed by atoms with van der Waals surface area (Å²) in [6.07, 6.45) is 0.794. The van der Waals surface area contributed by atoms with Gasteiger partial charge < -0.3 is 15.3 Å². The van der Waals surface area contributed by atoms with Crippen molar-refractivity contribution in [2.24, 2.45) is 5.92 Å². The highest BCUT2D eigenvalue weighted by molar-refractivity contribution is 5.84. The molecule has 0 radical (unpaired) electrons. The maximum atomic E-state index is 12.2. The van der Waals surface area contributed by atoms with Gasteiger partial charge in [0, 0.05) is 12.1 Å². The van der Waals surface area contributed by atoms with E-state index in [1.165, 1.54) is 4.90 Å². The molecule has 92 valence electrons. The van der Waals surface area contributed by atoms with Gasteiger partial charge in [0.15, 0.2) is 0 Å². The molecule has 0 bridgehead atoms. The molecule has 1 aliphatic rings. The Morgan fingerprint density at radius 2 is 2.12 bits per heavy atom. The van der Waals surface area contributed by atoms with Crippen molar-refractivity contribution in [2.45, 2.75) is 39.3 Å². The Hall–Kier alpha value is -1.10. The molecule has 2 N–H and O–H groups in total. The van der Waals surface area contributed by atoms with E-state index in [9.17, 15) is 9.59 Å². The van der Waals surface area contributed by atoms with Crippen LogP contribution in [0, 0.1) is 5.92 Å². The van der Waals surface area contributed by atoms with Gasteiger partial charge in [-0.2, -0.15) is 0 Å². The number of carbonyl (C=O) groups excluding carboxylic acids is 1. The molecule has 16 heavy (non-hydrogen) atoms. The van der Waals surface area contributed by atoms with E-state index in [1.807, 2.05) is 20.8 Å². The number of amides is 1. The normalized spacial score (nSPS) is 24.8. The topological polar surface area (TPSA) is 69.6 Å². The van der Waals surface area contributed by atoms with Gasteiger partial charge in [-0.25, -0.2) is 0 Å². The second-order valence-corrected chi connectivity index (χ2v) is 4.59. The Morgan fingerprint density at radius 1 is 1.50 bits per heavy atom. The van der Waals surface area contributed by atoms with Crippen molar-refractivity contribution in [1.29, 1.82) is 0 Å². The van der Waals surface area contributed by atoms with Crippen molar-refractivity contribution in [3.63, 3.8) is 0 Å². The van der Waals surface area contributed by atoms with Gasteiger partial charge in [-0.1, -0.05) is 0 Å². The molecular weight excluding hydrogens is 208 g/mol. The van der Waals surface area contributed by atoms with Crippen LogP contribution in [0.5, 0.6) is 0 Å². The highest BCUT2D eigenvalue weighted by Crippen LogP contribution is 2.19. The SMILES string of the molecule is CC1NCCC1C(=O)N(CC(=O)O)C(C)C. The molecule has 1 rings (SSSR count). The molecule has 1 fully saturated rings. The van der Waals surface area contributed by atoms with Crippen molar-refractivity contribution < 1.29 is 14.7 Å². The summed E-state index contributed by atoms with van der Waals surface area (Å²) in [5.41, 5.74) is 0. The fourth-order valence-electron chi connectivity index (χ4n) is 2.07. The van der Waals surface area contributed by atoms with Crippen LogP contribution >= 0.6 is 0 Å². The molecular formula is C11H20N2O3. The average Bonchev–Trinajstić information content (AvgIpc) is 2.59. The first kappa shape index (κ1) is 13.0. The van der Waals surface area contributed by atoms with Crippen LogP contribution in [0.3, 0.4) is 0 Å². The minimum Gasteiger partial charge on any atom is -0.480 e. The van der Waals surface area contributed by atoms with Crippen LogP contribution in [0.4, 0.5) is 0 Å². The van der Waals surface area contributed by atoms with Crippen molar-refractivity contribution in [3.8, 4) is 0 Å². The number of aliphatic carboxylic acids is 1. The van der Waals surface area contributed by atoms with Gasteiger partial charge in [0.1, 0.15) is 6.54 Å². The average molecular weight is 228 g/mol. The summed E-state index contributed by atoms with van der Waals surface area (Å²) < 4.78 is 0. The molecule has 1 aliphatic heterocycles. The zero-order chi connectivity index (χ0) is 12.3. The van der Waals surface area contributed by atoms with E-state index in [-0.39, 0.29) is 30.5 Å². The number of nitrogens with one attached hydrogen (secondary N) is 1. The highest BCUT2D eigenvalue weighted by atomic mass is 16.4. The van der Waals surface area contributed by atoms with E-state index < -0.39 is 5.97 Å². The van der Waals surface area contributed by atoms with Crippen LogP contribution in [0.25, 0.3) is 0 Å². The summed E-state index contributed by atoms with van der Waals surface area (Å²) in [5.74, 6) is -1.09. The van der Waals surface area contributed by atoms with E-state index in [1.54, 1.807) is 0 Å². The lowest BCUT2D eigenvalue weighted by Crippen LogP contribution is -2.46. The summed E-state index contributed by atoms with van der Waals surface area (Å²) in [6, 6.07) is 0.0685. The summed E-state index contributed by atoms with van der Waals surface area (Å²) in [7, 11) is 0. The Morgan fingerprint density at radius 3 is 2.50 bits per heavy atom. The molecule has 0 aromatic heterocycles. The summed E-state index contributed by atoms with van der Waals surface area (Å²) in [4.78, 5) is 24.3. The first-order valence-corrected chi connectivity index (χ1v) is 5.69. The molecule has 2 atom stereocenters. The quantitative estimate of drug-likeness (QED) is 0.726. The fourth-order valence-corrected chi connectivity index (χ4v) is 2.07. The molecule has 0 saturated carbocycles. The van der Waals surface area contributed by atoms with Crippen LogP contribution in [0.1, 0.15) is 27.2 Å². The summed E-state index contributed by atoms with van der Waals surface area (Å²) >= 11 is 0. The molecule has 2 unspecified atom stereocenters. The monoisotopic (exact) mass is 228 g/mol. The summed E-state index contributed by atoms with van der Waals surface area (Å²) in [6.45, 7) is 6.27. The number of rotatable bonds is 4. The first-order valence-electron chi connectivity index (χ1n) is 5.69. The maximum absolute atomic E-state index is 12.2. The van der Waals surface area contributed by atoms with Gasteiger partial charge in [0.25, 0.3) is 0 Å². The van der Waals surface area contributed by atoms with Crippen LogP contribution in [0.2, 0.25) is 0 Å². The number of carbonyl (C=O) groups is 2. The minimum atomic E-state index is -0.958. The zero-order valence-corrected chi connectivity index (χ0v) is 10.1. The third kappa shape index (κ3) is 2.95. The largest absolute Gasteiger partial charge is 0.480 e. The second kappa shape index (κ2) is 5.30. The van der Waals surface area contributed by atoms with Gasteiger partial charge in [0.2, 0.25) is 5.91 Å². The van der Waals surface area contributed by atoms with Crippen molar-refractivity contribution in [2.75, 3.05) is 13.1 Å². The van der Waals surface area contributed by atoms with Crippen molar-refractivity contribution in [3.05, 3.63) is 0 Å². The molecule has 1 heterocycles. The smallest absolute Gasteiger partial charge is 0.323 e. The standard InChI is InChI=1S/C11H20N2O3/c1-7(2)13(6-10(14)15)11(16)9-4-5-12-8(9)3/h7-9,12H,4-6H2,1-3H3,(H,14,15). The Kier molecular flexibility index (Phi) is 4.29. The molecule has 5 nitrogen and oxygen atoms in total. The molecule has 0 aliphatic carbocycles. The third-order valence-electron chi connectivity index (χ3n) is 3.05. The van der Waals surface area contributed by atoms with Gasteiger partial charge >= 0.3 is 5.97 Å². The van der Waals surface area contributed by atoms with Crippen LogP contribution in [-0.2, 0) is 9.59 Å². The Bertz CT molecular complexity index is 278. The Balaban J connectivity index is 2.70. The number of carboxylic acid groups (broad SMARTS) is 1. The number of hydrogen-bond acceptors (Lipinski definition) is 3. The number of carboxylic acids is 1. The lowest BCUT2D eigenvalue weighted by atomic mass is 9.99. The van der Waals surface area contributed by atoms with Crippen molar-refractivity contribution >= 4 is 11.9 Å². The van der Waals surface area contributed by atoms with Crippen LogP contribution in [0.15, 0.2) is 0 Å². The predicted octanol–water partition coefficient (Wildman–Crippen LogP) is 0.306. The fraction of sp³-hybridized carbons (Fsp3) is 0.818. The highest BCUT2D eigenvalue weighted by Gasteiger charge is 2.34. The maximum Gasteiger partial charge on any atom is 0.323 e. The Labute approximate surface area is 95.8 Å². The lowest BCUT2D eigenvalue weighted by Gasteiger charge is -2.29. The molecule has 0 aromatic rings. The van der Waals surface area contributed by atoms with Gasteiger partial charge in [-0.15, -0.1) is 0 Å². The van der Waals surface area contributed by atoms with E-state index in [4.69, 9.17) is 5.11 Å². The molecule has 0 aromatic carbocycles. The lowest BCUT2D eigenvalue weighted by molar-refractivity contribution is -0.147. The van der Waals surface area contributed by atoms with Gasteiger partial charge in [0.05, 0.1) is 5.92 Å². The molecule has 0 spiro atoms.